The van der Waals surface area contributed by atoms with Crippen LogP contribution in [0.3, 0.4) is 0 Å². The highest BCUT2D eigenvalue weighted by Crippen LogP contribution is 2.50. The van der Waals surface area contributed by atoms with Crippen molar-refractivity contribution in [3.63, 3.8) is 0 Å². The number of nitrogens with one attached hydrogen (secondary N) is 1. The van der Waals surface area contributed by atoms with Gasteiger partial charge in [0.25, 0.3) is 0 Å². The number of hydrogen-bond donors (Lipinski definition) is 1. The Kier molecular flexibility index (Phi) is 2.16. The van der Waals surface area contributed by atoms with E-state index in [2.05, 4.69) is 5.11 Å². The van der Waals surface area contributed by atoms with Gasteiger partial charge in [-0.1, -0.05) is 25.7 Å². The Hall–Kier alpha value is -0.400. The highest BCUT2D eigenvalue weighted by Gasteiger charge is 2.43. The van der Waals surface area contributed by atoms with Crippen molar-refractivity contribution in [3.8, 4) is 0 Å². The van der Waals surface area contributed by atoms with E-state index in [1.807, 2.05) is 0 Å². The smallest absolute Gasteiger partial charge is 0.0761 e. The first-order valence-electron chi connectivity index (χ1n) is 5.24. The van der Waals surface area contributed by atoms with Crippen LogP contribution in [0.5, 0.6) is 0 Å². The van der Waals surface area contributed by atoms with E-state index in [1.54, 1.807) is 0 Å². The summed E-state index contributed by atoms with van der Waals surface area (Å²) in [4.78, 5) is 0. The maximum Gasteiger partial charge on any atom is 0.0761 e. The summed E-state index contributed by atoms with van der Waals surface area (Å²) in [7, 11) is 0. The van der Waals surface area contributed by atoms with Crippen molar-refractivity contribution < 1.29 is 0 Å². The molecule has 0 aromatic carbocycles. The first-order valence-corrected chi connectivity index (χ1v) is 5.24. The fourth-order valence-corrected chi connectivity index (χ4v) is 3.16. The van der Waals surface area contributed by atoms with Crippen molar-refractivity contribution in [2.75, 3.05) is 0 Å². The Morgan fingerprint density at radius 3 is 2.33 bits per heavy atom. The first-order chi connectivity index (χ1) is 5.87. The van der Waals surface area contributed by atoms with E-state index in [1.165, 1.54) is 51.4 Å². The van der Waals surface area contributed by atoms with Crippen LogP contribution in [0, 0.1) is 10.9 Å². The van der Waals surface area contributed by atoms with Crippen LogP contribution >= 0.6 is 0 Å². The Morgan fingerprint density at radius 1 is 1.00 bits per heavy atom. The standard InChI is InChI=1S/C10H18N2/c11-12-9-5-4-8-10(9)6-2-1-3-7-10/h9,11H,1-8H2. The fraction of sp³-hybridized carbons (Fsp3) is 1.00. The first kappa shape index (κ1) is 8.21. The van der Waals surface area contributed by atoms with Gasteiger partial charge in [0.15, 0.2) is 0 Å². The zero-order valence-corrected chi connectivity index (χ0v) is 7.68. The molecule has 12 heavy (non-hydrogen) atoms. The molecular weight excluding hydrogens is 148 g/mol. The van der Waals surface area contributed by atoms with Crippen molar-refractivity contribution in [3.05, 3.63) is 0 Å². The van der Waals surface area contributed by atoms with Crippen molar-refractivity contribution in [2.45, 2.75) is 57.4 Å². The second-order valence-corrected chi connectivity index (χ2v) is 4.46. The summed E-state index contributed by atoms with van der Waals surface area (Å²) in [5, 5.41) is 3.81. The predicted molar refractivity (Wildman–Crippen MR) is 48.3 cm³/mol. The van der Waals surface area contributed by atoms with E-state index in [0.717, 1.165) is 0 Å². The number of hydrogen-bond acceptors (Lipinski definition) is 2. The summed E-state index contributed by atoms with van der Waals surface area (Å²) in [6.07, 6.45) is 10.7. The maximum atomic E-state index is 7.19. The molecule has 0 bridgehead atoms. The van der Waals surface area contributed by atoms with Gasteiger partial charge < -0.3 is 0 Å². The molecule has 0 aromatic rings. The molecule has 1 unspecified atom stereocenters. The van der Waals surface area contributed by atoms with E-state index in [0.29, 0.717) is 11.5 Å². The van der Waals surface area contributed by atoms with Gasteiger partial charge in [-0.2, -0.15) is 5.11 Å². The molecule has 68 valence electrons. The summed E-state index contributed by atoms with van der Waals surface area (Å²) in [5.74, 6) is 0. The third-order valence-electron chi connectivity index (χ3n) is 3.86. The van der Waals surface area contributed by atoms with Crippen LogP contribution in [0.25, 0.3) is 0 Å². The largest absolute Gasteiger partial charge is 0.210 e. The predicted octanol–water partition coefficient (Wildman–Crippen LogP) is 3.52. The van der Waals surface area contributed by atoms with Crippen LogP contribution in [-0.2, 0) is 0 Å². The molecule has 0 aliphatic heterocycles. The molecule has 1 atom stereocenters. The zero-order chi connectivity index (χ0) is 8.44. The molecule has 2 aliphatic rings. The molecule has 1 N–H and O–H groups in total. The van der Waals surface area contributed by atoms with Crippen LogP contribution in [-0.4, -0.2) is 6.04 Å². The number of nitrogens with zero attached hydrogens (tertiary/aromatic N) is 1. The molecule has 2 saturated carbocycles. The fourth-order valence-electron chi connectivity index (χ4n) is 3.16. The Morgan fingerprint density at radius 2 is 1.67 bits per heavy atom. The molecule has 2 fully saturated rings. The summed E-state index contributed by atoms with van der Waals surface area (Å²) >= 11 is 0. The van der Waals surface area contributed by atoms with E-state index in [-0.39, 0.29) is 0 Å². The van der Waals surface area contributed by atoms with E-state index < -0.39 is 0 Å². The molecule has 2 aliphatic carbocycles. The zero-order valence-electron chi connectivity index (χ0n) is 7.68. The van der Waals surface area contributed by atoms with Crippen LogP contribution < -0.4 is 0 Å². The minimum Gasteiger partial charge on any atom is -0.210 e. The van der Waals surface area contributed by atoms with Gasteiger partial charge in [-0.25, -0.2) is 5.53 Å². The van der Waals surface area contributed by atoms with Crippen molar-refractivity contribution in [2.24, 2.45) is 10.5 Å². The Labute approximate surface area is 74.2 Å². The molecule has 0 amide bonds. The van der Waals surface area contributed by atoms with E-state index >= 15 is 0 Å². The molecule has 2 nitrogen and oxygen atoms in total. The summed E-state index contributed by atoms with van der Waals surface area (Å²) < 4.78 is 0. The summed E-state index contributed by atoms with van der Waals surface area (Å²) in [5.41, 5.74) is 7.67. The monoisotopic (exact) mass is 166 g/mol. The molecule has 0 saturated heterocycles. The van der Waals surface area contributed by atoms with Gasteiger partial charge in [-0.05, 0) is 31.1 Å². The summed E-state index contributed by atoms with van der Waals surface area (Å²) in [6.45, 7) is 0. The lowest BCUT2D eigenvalue weighted by atomic mass is 9.71. The molecule has 2 rings (SSSR count). The van der Waals surface area contributed by atoms with E-state index in [9.17, 15) is 0 Å². The van der Waals surface area contributed by atoms with Crippen LogP contribution in [0.4, 0.5) is 0 Å². The summed E-state index contributed by atoms with van der Waals surface area (Å²) in [6, 6.07) is 0.387. The minimum atomic E-state index is 0.387. The van der Waals surface area contributed by atoms with Gasteiger partial charge in [0, 0.05) is 0 Å². The van der Waals surface area contributed by atoms with Gasteiger partial charge in [0.1, 0.15) is 0 Å². The average Bonchev–Trinajstić information content (AvgIpc) is 2.49. The Bertz CT molecular complexity index is 171. The molecule has 1 spiro atoms. The highest BCUT2D eigenvalue weighted by atomic mass is 15.0. The quantitative estimate of drug-likeness (QED) is 0.579. The topological polar surface area (TPSA) is 36.2 Å². The normalized spacial score (nSPS) is 33.8. The Balaban J connectivity index is 2.10. The highest BCUT2D eigenvalue weighted by molar-refractivity contribution is 4.96. The third-order valence-corrected chi connectivity index (χ3v) is 3.86. The van der Waals surface area contributed by atoms with Gasteiger partial charge >= 0.3 is 0 Å². The SMILES string of the molecule is N=NC1CCCC12CCCCC2. The van der Waals surface area contributed by atoms with Crippen molar-refractivity contribution in [1.29, 1.82) is 5.53 Å². The maximum absolute atomic E-state index is 7.19. The minimum absolute atomic E-state index is 0.387. The molecule has 0 heterocycles. The molecule has 2 heteroatoms. The molecular formula is C10H18N2. The average molecular weight is 166 g/mol. The number of rotatable bonds is 1. The lowest BCUT2D eigenvalue weighted by molar-refractivity contribution is 0.167. The lowest BCUT2D eigenvalue weighted by Gasteiger charge is -2.36. The second-order valence-electron chi connectivity index (χ2n) is 4.46. The third kappa shape index (κ3) is 1.17. The van der Waals surface area contributed by atoms with Crippen LogP contribution in [0.15, 0.2) is 5.11 Å². The van der Waals surface area contributed by atoms with Gasteiger partial charge in [0.05, 0.1) is 6.04 Å². The van der Waals surface area contributed by atoms with Gasteiger partial charge in [-0.3, -0.25) is 0 Å². The van der Waals surface area contributed by atoms with E-state index in [4.69, 9.17) is 5.53 Å². The van der Waals surface area contributed by atoms with Gasteiger partial charge in [0.2, 0.25) is 0 Å². The second kappa shape index (κ2) is 3.15. The lowest BCUT2D eigenvalue weighted by Crippen LogP contribution is -2.30. The van der Waals surface area contributed by atoms with Gasteiger partial charge in [-0.15, -0.1) is 0 Å². The molecule has 0 radical (unpaired) electrons. The van der Waals surface area contributed by atoms with Crippen LogP contribution in [0.2, 0.25) is 0 Å². The van der Waals surface area contributed by atoms with Crippen LogP contribution in [0.1, 0.15) is 51.4 Å². The molecule has 0 aromatic heterocycles. The van der Waals surface area contributed by atoms with Crippen molar-refractivity contribution >= 4 is 0 Å². The van der Waals surface area contributed by atoms with Crippen molar-refractivity contribution in [1.82, 2.24) is 0 Å².